The fourth-order valence-corrected chi connectivity index (χ4v) is 1.93. The van der Waals surface area contributed by atoms with Crippen molar-refractivity contribution in [3.8, 4) is 0 Å². The first kappa shape index (κ1) is 12.5. The van der Waals surface area contributed by atoms with Gasteiger partial charge in [-0.15, -0.1) is 0 Å². The minimum atomic E-state index is -0.0849. The molecule has 0 amide bonds. The van der Waals surface area contributed by atoms with Crippen LogP contribution in [0.5, 0.6) is 0 Å². The Hall–Kier alpha value is -0.610. The lowest BCUT2D eigenvalue weighted by atomic mass is 10.1. The molecule has 0 aromatic heterocycles. The Kier molecular flexibility index (Phi) is 5.65. The zero-order valence-corrected chi connectivity index (χ0v) is 9.79. The lowest BCUT2D eigenvalue weighted by Gasteiger charge is -2.31. The first-order chi connectivity index (χ1) is 7.24. The van der Waals surface area contributed by atoms with Gasteiger partial charge in [-0.2, -0.15) is 0 Å². The van der Waals surface area contributed by atoms with E-state index in [1.807, 2.05) is 6.92 Å². The van der Waals surface area contributed by atoms with Gasteiger partial charge in [0.1, 0.15) is 0 Å². The Morgan fingerprint density at radius 1 is 1.47 bits per heavy atom. The second-order valence-electron chi connectivity index (χ2n) is 4.02. The van der Waals surface area contributed by atoms with Crippen LogP contribution in [0.25, 0.3) is 0 Å². The predicted octanol–water partition coefficient (Wildman–Crippen LogP) is 0.623. The molecule has 1 heterocycles. The first-order valence-electron chi connectivity index (χ1n) is 5.80. The molecule has 88 valence electrons. The van der Waals surface area contributed by atoms with Gasteiger partial charge in [0.05, 0.1) is 13.0 Å². The first-order valence-corrected chi connectivity index (χ1v) is 5.80. The zero-order chi connectivity index (χ0) is 11.1. The lowest BCUT2D eigenvalue weighted by molar-refractivity contribution is -0.143. The average molecular weight is 214 g/mol. The Morgan fingerprint density at radius 2 is 2.13 bits per heavy atom. The number of piperidine rings is 1. The Labute approximate surface area is 92.0 Å². The second kappa shape index (κ2) is 6.80. The van der Waals surface area contributed by atoms with E-state index < -0.39 is 0 Å². The minimum Gasteiger partial charge on any atom is -0.466 e. The largest absolute Gasteiger partial charge is 0.466 e. The van der Waals surface area contributed by atoms with Gasteiger partial charge in [-0.25, -0.2) is 0 Å². The number of hydrogen-bond acceptors (Lipinski definition) is 4. The van der Waals surface area contributed by atoms with Crippen molar-refractivity contribution in [3.63, 3.8) is 0 Å². The van der Waals surface area contributed by atoms with Crippen LogP contribution < -0.4 is 5.32 Å². The molecule has 0 aromatic rings. The highest BCUT2D eigenvalue weighted by Crippen LogP contribution is 2.09. The fourth-order valence-electron chi connectivity index (χ4n) is 1.93. The molecular formula is C11H22N2O2. The third kappa shape index (κ3) is 4.62. The zero-order valence-electron chi connectivity index (χ0n) is 9.79. The summed E-state index contributed by atoms with van der Waals surface area (Å²) >= 11 is 0. The van der Waals surface area contributed by atoms with Gasteiger partial charge in [0, 0.05) is 12.6 Å². The maximum Gasteiger partial charge on any atom is 0.307 e. The molecule has 0 bridgehead atoms. The maximum atomic E-state index is 11.2. The van der Waals surface area contributed by atoms with Crippen LogP contribution in [0.4, 0.5) is 0 Å². The Bertz CT molecular complexity index is 191. The van der Waals surface area contributed by atoms with Gasteiger partial charge in [0.25, 0.3) is 0 Å². The SMILES string of the molecule is CCOC(=O)CCN(C)C1CCNCC1. The minimum absolute atomic E-state index is 0.0849. The normalized spacial score (nSPS) is 18.1. The number of nitrogens with one attached hydrogen (secondary N) is 1. The van der Waals surface area contributed by atoms with Crippen LogP contribution in [0.1, 0.15) is 26.2 Å². The van der Waals surface area contributed by atoms with Crippen LogP contribution in [0.3, 0.4) is 0 Å². The van der Waals surface area contributed by atoms with E-state index in [1.54, 1.807) is 0 Å². The third-order valence-corrected chi connectivity index (χ3v) is 2.91. The Balaban J connectivity index is 2.16. The number of esters is 1. The number of hydrogen-bond donors (Lipinski definition) is 1. The lowest BCUT2D eigenvalue weighted by Crippen LogP contribution is -2.41. The van der Waals surface area contributed by atoms with E-state index in [0.717, 1.165) is 19.6 Å². The molecule has 1 fully saturated rings. The summed E-state index contributed by atoms with van der Waals surface area (Å²) in [6, 6.07) is 0.626. The van der Waals surface area contributed by atoms with Crippen molar-refractivity contribution in [2.45, 2.75) is 32.2 Å². The molecule has 15 heavy (non-hydrogen) atoms. The molecule has 0 aliphatic carbocycles. The molecule has 1 saturated heterocycles. The van der Waals surface area contributed by atoms with Crippen molar-refractivity contribution in [1.82, 2.24) is 10.2 Å². The van der Waals surface area contributed by atoms with Gasteiger partial charge in [-0.3, -0.25) is 4.79 Å². The van der Waals surface area contributed by atoms with Crippen molar-refractivity contribution in [2.75, 3.05) is 33.3 Å². The van der Waals surface area contributed by atoms with Crippen LogP contribution in [0.2, 0.25) is 0 Å². The van der Waals surface area contributed by atoms with Gasteiger partial charge in [-0.05, 0) is 39.9 Å². The molecule has 1 aliphatic heterocycles. The topological polar surface area (TPSA) is 41.6 Å². The summed E-state index contributed by atoms with van der Waals surface area (Å²) in [4.78, 5) is 13.4. The van der Waals surface area contributed by atoms with E-state index in [1.165, 1.54) is 12.8 Å². The van der Waals surface area contributed by atoms with Gasteiger partial charge in [0.2, 0.25) is 0 Å². The molecule has 0 spiro atoms. The van der Waals surface area contributed by atoms with Crippen LogP contribution in [-0.4, -0.2) is 50.2 Å². The van der Waals surface area contributed by atoms with Crippen molar-refractivity contribution in [2.24, 2.45) is 0 Å². The van der Waals surface area contributed by atoms with E-state index in [2.05, 4.69) is 17.3 Å². The fraction of sp³-hybridized carbons (Fsp3) is 0.909. The summed E-state index contributed by atoms with van der Waals surface area (Å²) in [7, 11) is 2.09. The van der Waals surface area contributed by atoms with E-state index in [4.69, 9.17) is 4.74 Å². The van der Waals surface area contributed by atoms with Crippen LogP contribution in [-0.2, 0) is 9.53 Å². The maximum absolute atomic E-state index is 11.2. The molecule has 0 aromatic carbocycles. The van der Waals surface area contributed by atoms with Crippen molar-refractivity contribution < 1.29 is 9.53 Å². The summed E-state index contributed by atoms with van der Waals surface area (Å²) in [5.41, 5.74) is 0. The highest BCUT2D eigenvalue weighted by molar-refractivity contribution is 5.69. The van der Waals surface area contributed by atoms with Crippen molar-refractivity contribution >= 4 is 5.97 Å². The summed E-state index contributed by atoms with van der Waals surface area (Å²) in [6.45, 7) is 5.32. The van der Waals surface area contributed by atoms with Gasteiger partial charge in [0.15, 0.2) is 0 Å². The molecular weight excluding hydrogens is 192 g/mol. The van der Waals surface area contributed by atoms with Crippen molar-refractivity contribution in [3.05, 3.63) is 0 Å². The summed E-state index contributed by atoms with van der Waals surface area (Å²) in [5, 5.41) is 3.34. The molecule has 1 aliphatic rings. The van der Waals surface area contributed by atoms with Crippen molar-refractivity contribution in [1.29, 1.82) is 0 Å². The van der Waals surface area contributed by atoms with E-state index in [-0.39, 0.29) is 5.97 Å². The summed E-state index contributed by atoms with van der Waals surface area (Å²) in [6.07, 6.45) is 2.87. The summed E-state index contributed by atoms with van der Waals surface area (Å²) < 4.78 is 4.90. The third-order valence-electron chi connectivity index (χ3n) is 2.91. The molecule has 1 rings (SSSR count). The molecule has 1 N–H and O–H groups in total. The van der Waals surface area contributed by atoms with Crippen LogP contribution >= 0.6 is 0 Å². The number of ether oxygens (including phenoxy) is 1. The standard InChI is InChI=1S/C11H22N2O2/c1-3-15-11(14)6-9-13(2)10-4-7-12-8-5-10/h10,12H,3-9H2,1-2H3. The van der Waals surface area contributed by atoms with E-state index in [0.29, 0.717) is 19.1 Å². The van der Waals surface area contributed by atoms with Gasteiger partial charge < -0.3 is 15.0 Å². The number of rotatable bonds is 5. The molecule has 0 radical (unpaired) electrons. The number of carbonyl (C=O) groups excluding carboxylic acids is 1. The Morgan fingerprint density at radius 3 is 2.73 bits per heavy atom. The highest BCUT2D eigenvalue weighted by atomic mass is 16.5. The molecule has 0 atom stereocenters. The van der Waals surface area contributed by atoms with Crippen LogP contribution in [0.15, 0.2) is 0 Å². The summed E-state index contributed by atoms with van der Waals surface area (Å²) in [5.74, 6) is -0.0849. The van der Waals surface area contributed by atoms with Gasteiger partial charge in [-0.1, -0.05) is 0 Å². The van der Waals surface area contributed by atoms with Gasteiger partial charge >= 0.3 is 5.97 Å². The number of nitrogens with zero attached hydrogens (tertiary/aromatic N) is 1. The molecule has 4 heteroatoms. The molecule has 0 saturated carbocycles. The predicted molar refractivity (Wildman–Crippen MR) is 59.8 cm³/mol. The van der Waals surface area contributed by atoms with E-state index >= 15 is 0 Å². The average Bonchev–Trinajstić information content (AvgIpc) is 2.27. The number of carbonyl (C=O) groups is 1. The monoisotopic (exact) mass is 214 g/mol. The quantitative estimate of drug-likeness (QED) is 0.681. The highest BCUT2D eigenvalue weighted by Gasteiger charge is 2.18. The molecule has 0 unspecified atom stereocenters. The molecule has 4 nitrogen and oxygen atoms in total. The smallest absolute Gasteiger partial charge is 0.307 e. The second-order valence-corrected chi connectivity index (χ2v) is 4.02. The van der Waals surface area contributed by atoms with Crippen LogP contribution in [0, 0.1) is 0 Å². The van der Waals surface area contributed by atoms with E-state index in [9.17, 15) is 4.79 Å².